The number of alkyl halides is 3. The van der Waals surface area contributed by atoms with Crippen LogP contribution in [0.5, 0.6) is 0 Å². The van der Waals surface area contributed by atoms with Crippen LogP contribution in [-0.2, 0) is 11.3 Å². The molecule has 1 aromatic heterocycles. The Balaban J connectivity index is 1.86. The van der Waals surface area contributed by atoms with E-state index in [4.69, 9.17) is 10.5 Å². The van der Waals surface area contributed by atoms with Crippen LogP contribution >= 0.6 is 0 Å². The minimum Gasteiger partial charge on any atom is -0.444 e. The minimum atomic E-state index is -4.89. The molecule has 3 N–H and O–H groups in total. The van der Waals surface area contributed by atoms with Crippen LogP contribution in [0.4, 0.5) is 23.7 Å². The smallest absolute Gasteiger partial charge is 0.435 e. The number of benzene rings is 2. The average molecular weight is 414 g/mol. The van der Waals surface area contributed by atoms with E-state index in [0.29, 0.717) is 22.7 Å². The van der Waals surface area contributed by atoms with E-state index in [2.05, 4.69) is 9.98 Å². The molecule has 2 aromatic carbocycles. The lowest BCUT2D eigenvalue weighted by Gasteiger charge is -2.15. The fraction of sp³-hybridized carbons (Fsp3) is 0.0952. The van der Waals surface area contributed by atoms with Crippen LogP contribution in [0.15, 0.2) is 83.7 Å². The highest BCUT2D eigenvalue weighted by Gasteiger charge is 2.39. The number of carbonyl (C=O) groups is 1. The molecule has 3 aromatic rings. The van der Waals surface area contributed by atoms with Crippen LogP contribution < -0.4 is 11.1 Å². The van der Waals surface area contributed by atoms with Crippen molar-refractivity contribution in [2.75, 3.05) is 0 Å². The number of nitrogens with zero attached hydrogens (tertiary/aromatic N) is 2. The van der Waals surface area contributed by atoms with Gasteiger partial charge in [0.05, 0.1) is 16.9 Å². The minimum absolute atomic E-state index is 0.0340. The summed E-state index contributed by atoms with van der Waals surface area (Å²) >= 11 is 0. The molecule has 0 unspecified atom stereocenters. The SMILES string of the molecule is NC=C(NC(=O)OCc1ccccc1)C(=Nc1cccc2ncccc12)C(F)(F)F. The Hall–Kier alpha value is -3.88. The molecule has 9 heteroatoms. The highest BCUT2D eigenvalue weighted by Crippen LogP contribution is 2.29. The Labute approximate surface area is 169 Å². The van der Waals surface area contributed by atoms with Gasteiger partial charge in [-0.25, -0.2) is 9.79 Å². The molecule has 0 aliphatic rings. The van der Waals surface area contributed by atoms with Gasteiger partial charge in [-0.1, -0.05) is 36.4 Å². The number of nitrogens with two attached hydrogens (primary N) is 1. The highest BCUT2D eigenvalue weighted by atomic mass is 19.4. The number of nitrogens with one attached hydrogen (secondary N) is 1. The van der Waals surface area contributed by atoms with E-state index < -0.39 is 23.7 Å². The Morgan fingerprint density at radius 3 is 2.57 bits per heavy atom. The van der Waals surface area contributed by atoms with Gasteiger partial charge in [0.1, 0.15) is 6.61 Å². The normalized spacial score (nSPS) is 12.6. The summed E-state index contributed by atoms with van der Waals surface area (Å²) in [6, 6.07) is 16.5. The Morgan fingerprint density at radius 2 is 1.87 bits per heavy atom. The fourth-order valence-corrected chi connectivity index (χ4v) is 2.63. The molecule has 6 nitrogen and oxygen atoms in total. The second kappa shape index (κ2) is 9.08. The molecule has 1 amide bonds. The summed E-state index contributed by atoms with van der Waals surface area (Å²) < 4.78 is 46.1. The monoisotopic (exact) mass is 414 g/mol. The first-order valence-corrected chi connectivity index (χ1v) is 8.78. The molecule has 0 aliphatic carbocycles. The van der Waals surface area contributed by atoms with Crippen molar-refractivity contribution in [3.63, 3.8) is 0 Å². The van der Waals surface area contributed by atoms with E-state index in [1.54, 1.807) is 48.5 Å². The van der Waals surface area contributed by atoms with Gasteiger partial charge in [0, 0.05) is 17.8 Å². The molecule has 0 fully saturated rings. The van der Waals surface area contributed by atoms with Crippen LogP contribution in [0.25, 0.3) is 10.9 Å². The lowest BCUT2D eigenvalue weighted by atomic mass is 10.1. The number of hydrogen-bond donors (Lipinski definition) is 2. The number of halogens is 3. The second-order valence-corrected chi connectivity index (χ2v) is 6.07. The van der Waals surface area contributed by atoms with E-state index in [1.165, 1.54) is 18.3 Å². The molecule has 0 spiro atoms. The van der Waals surface area contributed by atoms with E-state index in [-0.39, 0.29) is 12.3 Å². The summed E-state index contributed by atoms with van der Waals surface area (Å²) in [7, 11) is 0. The summed E-state index contributed by atoms with van der Waals surface area (Å²) in [5, 5.41) is 2.44. The highest BCUT2D eigenvalue weighted by molar-refractivity contribution is 6.08. The molecule has 0 saturated carbocycles. The molecule has 0 bridgehead atoms. The Kier molecular flexibility index (Phi) is 6.31. The number of hydrogen-bond acceptors (Lipinski definition) is 5. The van der Waals surface area contributed by atoms with Crippen molar-refractivity contribution >= 4 is 28.4 Å². The summed E-state index contributed by atoms with van der Waals surface area (Å²) in [6.45, 7) is -0.113. The van der Waals surface area contributed by atoms with Gasteiger partial charge in [-0.05, 0) is 29.8 Å². The lowest BCUT2D eigenvalue weighted by molar-refractivity contribution is -0.0584. The summed E-state index contributed by atoms with van der Waals surface area (Å²) in [6.07, 6.45) is -3.83. The van der Waals surface area contributed by atoms with E-state index in [0.717, 1.165) is 0 Å². The number of pyridine rings is 1. The molecule has 154 valence electrons. The van der Waals surface area contributed by atoms with Gasteiger partial charge < -0.3 is 10.5 Å². The largest absolute Gasteiger partial charge is 0.444 e. The number of aliphatic imine (C=N–C) groups is 1. The lowest BCUT2D eigenvalue weighted by Crippen LogP contribution is -2.36. The van der Waals surface area contributed by atoms with Crippen molar-refractivity contribution in [1.29, 1.82) is 0 Å². The predicted molar refractivity (Wildman–Crippen MR) is 107 cm³/mol. The van der Waals surface area contributed by atoms with E-state index >= 15 is 0 Å². The first kappa shape index (κ1) is 20.8. The zero-order valence-corrected chi connectivity index (χ0v) is 15.6. The molecule has 0 radical (unpaired) electrons. The first-order valence-electron chi connectivity index (χ1n) is 8.78. The molecule has 30 heavy (non-hydrogen) atoms. The standard InChI is InChI=1S/C21H17F3N4O2/c22-21(23,24)19(27-17-10-4-9-16-15(17)8-5-11-26-16)18(12-25)28-20(29)30-13-14-6-2-1-3-7-14/h1-12H,13,25H2,(H,28,29). The third-order valence-corrected chi connectivity index (χ3v) is 3.99. The molecule has 0 atom stereocenters. The van der Waals surface area contributed by atoms with Crippen molar-refractivity contribution in [3.05, 3.63) is 84.3 Å². The molecule has 0 aliphatic heterocycles. The number of ether oxygens (including phenoxy) is 1. The summed E-state index contributed by atoms with van der Waals surface area (Å²) in [5.41, 5.74) is 4.48. The Morgan fingerprint density at radius 1 is 1.10 bits per heavy atom. The van der Waals surface area contributed by atoms with Crippen molar-refractivity contribution in [2.24, 2.45) is 10.7 Å². The topological polar surface area (TPSA) is 89.6 Å². The molecule has 0 saturated heterocycles. The number of rotatable bonds is 5. The van der Waals surface area contributed by atoms with Crippen LogP contribution in [0, 0.1) is 0 Å². The first-order chi connectivity index (χ1) is 14.4. The maximum atomic E-state index is 13.7. The number of aromatic nitrogens is 1. The van der Waals surface area contributed by atoms with Crippen LogP contribution in [0.2, 0.25) is 0 Å². The van der Waals surface area contributed by atoms with Gasteiger partial charge in [0.25, 0.3) is 0 Å². The van der Waals surface area contributed by atoms with Crippen LogP contribution in [0.1, 0.15) is 5.56 Å². The number of fused-ring (bicyclic) bond motifs is 1. The average Bonchev–Trinajstić information content (AvgIpc) is 2.74. The van der Waals surface area contributed by atoms with Gasteiger partial charge in [-0.2, -0.15) is 13.2 Å². The Bertz CT molecular complexity index is 1090. The van der Waals surface area contributed by atoms with Gasteiger partial charge in [-0.3, -0.25) is 10.3 Å². The fourth-order valence-electron chi connectivity index (χ4n) is 2.63. The summed E-state index contributed by atoms with van der Waals surface area (Å²) in [5.74, 6) is 0. The molecular weight excluding hydrogens is 397 g/mol. The van der Waals surface area contributed by atoms with E-state index in [1.807, 2.05) is 5.32 Å². The maximum absolute atomic E-state index is 13.7. The number of alkyl carbamates (subject to hydrolysis) is 1. The van der Waals surface area contributed by atoms with Crippen molar-refractivity contribution in [1.82, 2.24) is 10.3 Å². The quantitative estimate of drug-likeness (QED) is 0.598. The van der Waals surface area contributed by atoms with Crippen molar-refractivity contribution < 1.29 is 22.7 Å². The number of carbonyl (C=O) groups excluding carboxylic acids is 1. The number of allylic oxidation sites excluding steroid dienone is 1. The van der Waals surface area contributed by atoms with Gasteiger partial charge in [0.2, 0.25) is 0 Å². The van der Waals surface area contributed by atoms with Crippen LogP contribution in [0.3, 0.4) is 0 Å². The summed E-state index contributed by atoms with van der Waals surface area (Å²) in [4.78, 5) is 19.9. The molecule has 1 heterocycles. The van der Waals surface area contributed by atoms with Gasteiger partial charge in [0.15, 0.2) is 5.71 Å². The number of amides is 1. The zero-order valence-electron chi connectivity index (χ0n) is 15.6. The third kappa shape index (κ3) is 5.13. The van der Waals surface area contributed by atoms with Gasteiger partial charge in [-0.15, -0.1) is 0 Å². The van der Waals surface area contributed by atoms with Crippen molar-refractivity contribution in [3.8, 4) is 0 Å². The zero-order chi connectivity index (χ0) is 21.6. The van der Waals surface area contributed by atoms with E-state index in [9.17, 15) is 18.0 Å². The maximum Gasteiger partial charge on any atom is 0.435 e. The molecular formula is C21H17F3N4O2. The van der Waals surface area contributed by atoms with Crippen molar-refractivity contribution in [2.45, 2.75) is 12.8 Å². The molecule has 3 rings (SSSR count). The third-order valence-electron chi connectivity index (χ3n) is 3.99. The predicted octanol–water partition coefficient (Wildman–Crippen LogP) is 4.60. The van der Waals surface area contributed by atoms with Crippen LogP contribution in [-0.4, -0.2) is 23.0 Å². The van der Waals surface area contributed by atoms with Gasteiger partial charge >= 0.3 is 12.3 Å². The second-order valence-electron chi connectivity index (χ2n) is 6.07.